The van der Waals surface area contributed by atoms with Crippen molar-refractivity contribution in [2.24, 2.45) is 0 Å². The second-order valence-corrected chi connectivity index (χ2v) is 5.11. The Morgan fingerprint density at radius 1 is 1.24 bits per heavy atom. The Labute approximate surface area is 123 Å². The van der Waals surface area contributed by atoms with E-state index in [1.165, 1.54) is 19.2 Å². The third kappa shape index (κ3) is 3.20. The fraction of sp³-hybridized carbons (Fsp3) is 0.250. The highest BCUT2D eigenvalue weighted by molar-refractivity contribution is 5.97. The van der Waals surface area contributed by atoms with Crippen molar-refractivity contribution in [1.82, 2.24) is 4.98 Å². The van der Waals surface area contributed by atoms with Crippen LogP contribution in [0.15, 0.2) is 48.7 Å². The molecule has 0 aliphatic carbocycles. The van der Waals surface area contributed by atoms with Crippen LogP contribution in [0, 0.1) is 0 Å². The molecular formula is C16H18N2O3. The highest BCUT2D eigenvalue weighted by Gasteiger charge is 2.37. The van der Waals surface area contributed by atoms with Crippen LogP contribution in [0.1, 0.15) is 25.3 Å². The fourth-order valence-corrected chi connectivity index (χ4v) is 1.99. The summed E-state index contributed by atoms with van der Waals surface area (Å²) in [6, 6.07) is 12.2. The van der Waals surface area contributed by atoms with Gasteiger partial charge in [-0.2, -0.15) is 0 Å². The van der Waals surface area contributed by atoms with Crippen LogP contribution in [0.5, 0.6) is 5.75 Å². The topological polar surface area (TPSA) is 82.5 Å². The van der Waals surface area contributed by atoms with Crippen molar-refractivity contribution in [1.29, 1.82) is 0 Å². The zero-order valence-corrected chi connectivity index (χ0v) is 11.9. The Bertz CT molecular complexity index is 626. The number of pyridine rings is 1. The number of amides is 1. The number of nitrogens with one attached hydrogen (secondary N) is 1. The second-order valence-electron chi connectivity index (χ2n) is 5.11. The lowest BCUT2D eigenvalue weighted by Crippen LogP contribution is -2.44. The molecular weight excluding hydrogens is 268 g/mol. The molecule has 2 atom stereocenters. The molecule has 21 heavy (non-hydrogen) atoms. The van der Waals surface area contributed by atoms with Gasteiger partial charge in [0.2, 0.25) is 0 Å². The highest BCUT2D eigenvalue weighted by atomic mass is 16.3. The van der Waals surface area contributed by atoms with Gasteiger partial charge in [-0.15, -0.1) is 0 Å². The van der Waals surface area contributed by atoms with Crippen LogP contribution in [0.25, 0.3) is 0 Å². The van der Waals surface area contributed by atoms with Crippen LogP contribution < -0.4 is 5.32 Å². The Balaban J connectivity index is 2.19. The number of hydrogen-bond donors (Lipinski definition) is 3. The summed E-state index contributed by atoms with van der Waals surface area (Å²) in [5.74, 6) is -1.14. The van der Waals surface area contributed by atoms with Gasteiger partial charge < -0.3 is 15.5 Å². The van der Waals surface area contributed by atoms with Crippen LogP contribution in [0.4, 0.5) is 5.82 Å². The number of rotatable bonds is 4. The van der Waals surface area contributed by atoms with Crippen molar-refractivity contribution in [3.8, 4) is 5.75 Å². The molecule has 5 heteroatoms. The first-order valence-corrected chi connectivity index (χ1v) is 6.65. The Kier molecular flexibility index (Phi) is 4.23. The lowest BCUT2D eigenvalue weighted by molar-refractivity contribution is -0.134. The third-order valence-electron chi connectivity index (χ3n) is 3.62. The van der Waals surface area contributed by atoms with Crippen LogP contribution in [0.3, 0.4) is 0 Å². The van der Waals surface area contributed by atoms with Gasteiger partial charge in [-0.05, 0) is 24.6 Å². The average molecular weight is 286 g/mol. The van der Waals surface area contributed by atoms with E-state index < -0.39 is 17.4 Å². The van der Waals surface area contributed by atoms with Gasteiger partial charge >= 0.3 is 0 Å². The first kappa shape index (κ1) is 15.0. The molecule has 0 aliphatic rings. The van der Waals surface area contributed by atoms with Gasteiger partial charge in [-0.3, -0.25) is 4.79 Å². The van der Waals surface area contributed by atoms with Crippen LogP contribution in [-0.4, -0.2) is 26.7 Å². The smallest absolute Gasteiger partial charge is 0.257 e. The fourth-order valence-electron chi connectivity index (χ4n) is 1.99. The molecule has 3 N–H and O–H groups in total. The molecule has 1 aromatic carbocycles. The normalized spacial score (nSPS) is 15.0. The number of aliphatic hydroxyl groups is 1. The lowest BCUT2D eigenvalue weighted by Gasteiger charge is -2.29. The molecule has 0 unspecified atom stereocenters. The van der Waals surface area contributed by atoms with Gasteiger partial charge in [0, 0.05) is 12.1 Å². The number of carbonyl (C=O) groups is 1. The Morgan fingerprint density at radius 2 is 1.90 bits per heavy atom. The molecule has 1 amide bonds. The van der Waals surface area contributed by atoms with E-state index in [0.717, 1.165) is 5.56 Å². The van der Waals surface area contributed by atoms with Gasteiger partial charge in [0.05, 0.1) is 0 Å². The molecule has 1 heterocycles. The summed E-state index contributed by atoms with van der Waals surface area (Å²) < 4.78 is 0. The number of hydrogen-bond acceptors (Lipinski definition) is 4. The summed E-state index contributed by atoms with van der Waals surface area (Å²) >= 11 is 0. The summed E-state index contributed by atoms with van der Waals surface area (Å²) in [6.07, 6.45) is 1.45. The SMILES string of the molecule is C[C@@H](c1ccccc1)[C@@](C)(O)C(=O)Nc1ncccc1O. The van der Waals surface area contributed by atoms with Crippen molar-refractivity contribution in [3.63, 3.8) is 0 Å². The van der Waals surface area contributed by atoms with Crippen molar-refractivity contribution in [3.05, 3.63) is 54.2 Å². The molecule has 2 rings (SSSR count). The van der Waals surface area contributed by atoms with E-state index in [1.54, 1.807) is 13.0 Å². The van der Waals surface area contributed by atoms with Crippen molar-refractivity contribution in [2.45, 2.75) is 25.4 Å². The number of nitrogens with zero attached hydrogens (tertiary/aromatic N) is 1. The Hall–Kier alpha value is -2.40. The van der Waals surface area contributed by atoms with Gasteiger partial charge in [-0.25, -0.2) is 4.98 Å². The van der Waals surface area contributed by atoms with Gasteiger partial charge in [0.15, 0.2) is 11.6 Å². The summed E-state index contributed by atoms with van der Waals surface area (Å²) in [5, 5.41) is 22.6. The molecule has 0 saturated heterocycles. The van der Waals surface area contributed by atoms with Crippen molar-refractivity contribution in [2.75, 3.05) is 5.32 Å². The maximum atomic E-state index is 12.3. The van der Waals surface area contributed by atoms with E-state index in [4.69, 9.17) is 0 Å². The number of anilines is 1. The monoisotopic (exact) mass is 286 g/mol. The molecule has 0 saturated carbocycles. The summed E-state index contributed by atoms with van der Waals surface area (Å²) in [7, 11) is 0. The van der Waals surface area contributed by atoms with Gasteiger partial charge in [0.25, 0.3) is 5.91 Å². The molecule has 0 radical (unpaired) electrons. The number of aromatic hydroxyl groups is 1. The predicted octanol–water partition coefficient (Wildman–Crippen LogP) is 2.28. The van der Waals surface area contributed by atoms with Crippen LogP contribution in [0.2, 0.25) is 0 Å². The second kappa shape index (κ2) is 5.93. The summed E-state index contributed by atoms with van der Waals surface area (Å²) in [4.78, 5) is 16.2. The highest BCUT2D eigenvalue weighted by Crippen LogP contribution is 2.29. The first-order valence-electron chi connectivity index (χ1n) is 6.65. The van der Waals surface area contributed by atoms with Crippen LogP contribution in [-0.2, 0) is 4.79 Å². The molecule has 0 aliphatic heterocycles. The third-order valence-corrected chi connectivity index (χ3v) is 3.62. The minimum atomic E-state index is -1.63. The minimum absolute atomic E-state index is 0.0306. The number of carbonyl (C=O) groups excluding carboxylic acids is 1. The maximum Gasteiger partial charge on any atom is 0.257 e. The minimum Gasteiger partial charge on any atom is -0.504 e. The number of benzene rings is 1. The zero-order valence-electron chi connectivity index (χ0n) is 11.9. The first-order chi connectivity index (χ1) is 9.93. The van der Waals surface area contributed by atoms with Crippen molar-refractivity contribution < 1.29 is 15.0 Å². The molecule has 0 bridgehead atoms. The zero-order chi connectivity index (χ0) is 15.5. The summed E-state index contributed by atoms with van der Waals surface area (Å²) in [6.45, 7) is 3.22. The lowest BCUT2D eigenvalue weighted by atomic mass is 9.84. The molecule has 110 valence electrons. The van der Waals surface area contributed by atoms with Gasteiger partial charge in [0.1, 0.15) is 5.60 Å². The maximum absolute atomic E-state index is 12.3. The largest absolute Gasteiger partial charge is 0.504 e. The standard InChI is InChI=1S/C16H18N2O3/c1-11(12-7-4-3-5-8-12)16(2,21)15(20)18-14-13(19)9-6-10-17-14/h3-11,19,21H,1-2H3,(H,17,18,20)/t11-,16+/m0/s1. The number of aromatic nitrogens is 1. The average Bonchev–Trinajstić information content (AvgIpc) is 2.49. The molecule has 0 spiro atoms. The molecule has 1 aromatic heterocycles. The van der Waals surface area contributed by atoms with Crippen LogP contribution >= 0.6 is 0 Å². The quantitative estimate of drug-likeness (QED) is 0.805. The van der Waals surface area contributed by atoms with E-state index >= 15 is 0 Å². The van der Waals surface area contributed by atoms with E-state index in [0.29, 0.717) is 0 Å². The molecule has 0 fully saturated rings. The van der Waals surface area contributed by atoms with E-state index in [9.17, 15) is 15.0 Å². The van der Waals surface area contributed by atoms with E-state index in [2.05, 4.69) is 10.3 Å². The van der Waals surface area contributed by atoms with Crippen molar-refractivity contribution >= 4 is 11.7 Å². The predicted molar refractivity (Wildman–Crippen MR) is 80.0 cm³/mol. The van der Waals surface area contributed by atoms with Gasteiger partial charge in [-0.1, -0.05) is 37.3 Å². The molecule has 5 nitrogen and oxygen atoms in total. The summed E-state index contributed by atoms with van der Waals surface area (Å²) in [5.41, 5.74) is -0.784. The Morgan fingerprint density at radius 3 is 2.52 bits per heavy atom. The molecule has 2 aromatic rings. The van der Waals surface area contributed by atoms with E-state index in [-0.39, 0.29) is 11.6 Å². The van der Waals surface area contributed by atoms with E-state index in [1.807, 2.05) is 30.3 Å².